The van der Waals surface area contributed by atoms with Crippen LogP contribution >= 0.6 is 35.0 Å². The molecule has 0 atom stereocenters. The lowest BCUT2D eigenvalue weighted by molar-refractivity contribution is -0.117. The van der Waals surface area contributed by atoms with Gasteiger partial charge in [0.1, 0.15) is 0 Å². The third kappa shape index (κ3) is 5.15. The summed E-state index contributed by atoms with van der Waals surface area (Å²) in [4.78, 5) is 15.1. The fourth-order valence-corrected chi connectivity index (χ4v) is 3.26. The standard InChI is InChI=1S/C17H18Cl2N2OS/c1-21(10-12-13(18)6-5-7-14(12)19)11-17(22)20-15-8-3-4-9-16(15)23-2/h3-9H,10-11H2,1-2H3,(H,20,22). The van der Waals surface area contributed by atoms with Gasteiger partial charge in [0.2, 0.25) is 5.91 Å². The number of halogens is 2. The normalized spacial score (nSPS) is 10.8. The summed E-state index contributed by atoms with van der Waals surface area (Å²) in [5, 5.41) is 4.16. The number of para-hydroxylation sites is 1. The zero-order chi connectivity index (χ0) is 16.8. The highest BCUT2D eigenvalue weighted by atomic mass is 35.5. The first-order valence-electron chi connectivity index (χ1n) is 7.05. The summed E-state index contributed by atoms with van der Waals surface area (Å²) in [5.74, 6) is -0.0721. The summed E-state index contributed by atoms with van der Waals surface area (Å²) >= 11 is 13.9. The van der Waals surface area contributed by atoms with Crippen LogP contribution in [0.5, 0.6) is 0 Å². The molecule has 122 valence electrons. The molecule has 0 heterocycles. The van der Waals surface area contributed by atoms with Crippen LogP contribution in [0.2, 0.25) is 10.0 Å². The third-order valence-electron chi connectivity index (χ3n) is 3.28. The second-order valence-electron chi connectivity index (χ2n) is 5.12. The number of hydrogen-bond donors (Lipinski definition) is 1. The highest BCUT2D eigenvalue weighted by Gasteiger charge is 2.12. The number of thioether (sulfide) groups is 1. The van der Waals surface area contributed by atoms with Gasteiger partial charge in [0.05, 0.1) is 12.2 Å². The third-order valence-corrected chi connectivity index (χ3v) is 4.79. The molecule has 0 unspecified atom stereocenters. The molecule has 2 aromatic carbocycles. The van der Waals surface area contributed by atoms with Gasteiger partial charge in [-0.1, -0.05) is 41.4 Å². The first kappa shape index (κ1) is 18.1. The van der Waals surface area contributed by atoms with Crippen LogP contribution in [-0.4, -0.2) is 30.7 Å². The van der Waals surface area contributed by atoms with Crippen molar-refractivity contribution in [3.05, 3.63) is 58.1 Å². The van der Waals surface area contributed by atoms with Crippen molar-refractivity contribution in [3.63, 3.8) is 0 Å². The Labute approximate surface area is 151 Å². The van der Waals surface area contributed by atoms with Gasteiger partial charge in [0, 0.05) is 27.0 Å². The summed E-state index contributed by atoms with van der Waals surface area (Å²) < 4.78 is 0. The van der Waals surface area contributed by atoms with E-state index in [-0.39, 0.29) is 12.5 Å². The number of rotatable bonds is 6. The first-order valence-corrected chi connectivity index (χ1v) is 9.03. The SMILES string of the molecule is CSc1ccccc1NC(=O)CN(C)Cc1c(Cl)cccc1Cl. The van der Waals surface area contributed by atoms with Gasteiger partial charge in [-0.15, -0.1) is 11.8 Å². The molecule has 1 N–H and O–H groups in total. The van der Waals surface area contributed by atoms with E-state index in [4.69, 9.17) is 23.2 Å². The van der Waals surface area contributed by atoms with E-state index in [0.29, 0.717) is 16.6 Å². The predicted molar refractivity (Wildman–Crippen MR) is 99.6 cm³/mol. The van der Waals surface area contributed by atoms with E-state index in [2.05, 4.69) is 5.32 Å². The molecule has 6 heteroatoms. The van der Waals surface area contributed by atoms with Crippen LogP contribution in [0.25, 0.3) is 0 Å². The van der Waals surface area contributed by atoms with Crippen molar-refractivity contribution in [3.8, 4) is 0 Å². The van der Waals surface area contributed by atoms with Gasteiger partial charge in [-0.2, -0.15) is 0 Å². The minimum absolute atomic E-state index is 0.0721. The molecule has 1 amide bonds. The Balaban J connectivity index is 1.97. The van der Waals surface area contributed by atoms with E-state index >= 15 is 0 Å². The van der Waals surface area contributed by atoms with Crippen molar-refractivity contribution in [2.75, 3.05) is 25.2 Å². The summed E-state index contributed by atoms with van der Waals surface area (Å²) in [5.41, 5.74) is 1.66. The second-order valence-corrected chi connectivity index (χ2v) is 6.78. The Morgan fingerprint density at radius 2 is 1.78 bits per heavy atom. The highest BCUT2D eigenvalue weighted by molar-refractivity contribution is 7.98. The Morgan fingerprint density at radius 3 is 2.43 bits per heavy atom. The molecule has 0 aliphatic heterocycles. The molecule has 0 saturated carbocycles. The van der Waals surface area contributed by atoms with Crippen LogP contribution in [0.1, 0.15) is 5.56 Å². The molecular formula is C17H18Cl2N2OS. The van der Waals surface area contributed by atoms with Gasteiger partial charge in [-0.05, 0) is 37.6 Å². The summed E-state index contributed by atoms with van der Waals surface area (Å²) in [6.07, 6.45) is 1.98. The molecule has 23 heavy (non-hydrogen) atoms. The molecule has 0 radical (unpaired) electrons. The molecule has 2 rings (SSSR count). The maximum atomic E-state index is 12.2. The van der Waals surface area contributed by atoms with Gasteiger partial charge < -0.3 is 5.32 Å². The largest absolute Gasteiger partial charge is 0.324 e. The Kier molecular flexibility index (Phi) is 6.78. The van der Waals surface area contributed by atoms with E-state index in [0.717, 1.165) is 16.1 Å². The van der Waals surface area contributed by atoms with Crippen LogP contribution in [0.4, 0.5) is 5.69 Å². The maximum Gasteiger partial charge on any atom is 0.238 e. The van der Waals surface area contributed by atoms with Crippen molar-refractivity contribution >= 4 is 46.6 Å². The maximum absolute atomic E-state index is 12.2. The lowest BCUT2D eigenvalue weighted by atomic mass is 10.2. The lowest BCUT2D eigenvalue weighted by Gasteiger charge is -2.18. The summed E-state index contributed by atoms with van der Waals surface area (Å²) in [7, 11) is 1.86. The summed E-state index contributed by atoms with van der Waals surface area (Å²) in [6, 6.07) is 13.1. The Bertz CT molecular complexity index is 674. The van der Waals surface area contributed by atoms with Gasteiger partial charge in [0.25, 0.3) is 0 Å². The van der Waals surface area contributed by atoms with Crippen molar-refractivity contribution in [1.29, 1.82) is 0 Å². The quantitative estimate of drug-likeness (QED) is 0.744. The zero-order valence-corrected chi connectivity index (χ0v) is 15.3. The Morgan fingerprint density at radius 1 is 1.13 bits per heavy atom. The number of carbonyl (C=O) groups excluding carboxylic acids is 1. The monoisotopic (exact) mass is 368 g/mol. The van der Waals surface area contributed by atoms with E-state index < -0.39 is 0 Å². The molecule has 0 fully saturated rings. The number of anilines is 1. The van der Waals surface area contributed by atoms with Gasteiger partial charge in [-0.25, -0.2) is 0 Å². The number of benzene rings is 2. The number of nitrogens with zero attached hydrogens (tertiary/aromatic N) is 1. The number of amides is 1. The van der Waals surface area contributed by atoms with Crippen molar-refractivity contribution < 1.29 is 4.79 Å². The van der Waals surface area contributed by atoms with E-state index in [1.807, 2.05) is 42.5 Å². The molecule has 0 saturated heterocycles. The molecule has 2 aromatic rings. The minimum Gasteiger partial charge on any atom is -0.324 e. The van der Waals surface area contributed by atoms with E-state index in [1.54, 1.807) is 30.0 Å². The summed E-state index contributed by atoms with van der Waals surface area (Å²) in [6.45, 7) is 0.764. The lowest BCUT2D eigenvalue weighted by Crippen LogP contribution is -2.30. The highest BCUT2D eigenvalue weighted by Crippen LogP contribution is 2.26. The smallest absolute Gasteiger partial charge is 0.238 e. The number of likely N-dealkylation sites (N-methyl/N-ethyl adjacent to an activating group) is 1. The van der Waals surface area contributed by atoms with E-state index in [9.17, 15) is 4.79 Å². The van der Waals surface area contributed by atoms with Crippen LogP contribution in [-0.2, 0) is 11.3 Å². The predicted octanol–water partition coefficient (Wildman–Crippen LogP) is 4.79. The zero-order valence-electron chi connectivity index (χ0n) is 13.0. The number of carbonyl (C=O) groups is 1. The first-order chi connectivity index (χ1) is 11.0. The number of hydrogen-bond acceptors (Lipinski definition) is 3. The molecule has 3 nitrogen and oxygen atoms in total. The van der Waals surface area contributed by atoms with Gasteiger partial charge >= 0.3 is 0 Å². The second kappa shape index (κ2) is 8.60. The molecule has 0 aliphatic carbocycles. The van der Waals surface area contributed by atoms with Crippen molar-refractivity contribution in [2.24, 2.45) is 0 Å². The topological polar surface area (TPSA) is 32.3 Å². The van der Waals surface area contributed by atoms with Crippen LogP contribution in [0.3, 0.4) is 0 Å². The van der Waals surface area contributed by atoms with Gasteiger partial charge in [0.15, 0.2) is 0 Å². The molecular weight excluding hydrogens is 351 g/mol. The molecule has 0 bridgehead atoms. The van der Waals surface area contributed by atoms with Crippen molar-refractivity contribution in [1.82, 2.24) is 4.90 Å². The number of nitrogens with one attached hydrogen (secondary N) is 1. The fourth-order valence-electron chi connectivity index (χ4n) is 2.19. The van der Waals surface area contributed by atoms with Crippen LogP contribution in [0, 0.1) is 0 Å². The van der Waals surface area contributed by atoms with Gasteiger partial charge in [-0.3, -0.25) is 9.69 Å². The van der Waals surface area contributed by atoms with Crippen molar-refractivity contribution in [2.45, 2.75) is 11.4 Å². The van der Waals surface area contributed by atoms with Crippen LogP contribution < -0.4 is 5.32 Å². The average molecular weight is 369 g/mol. The van der Waals surface area contributed by atoms with Crippen LogP contribution in [0.15, 0.2) is 47.4 Å². The Hall–Kier alpha value is -1.20. The minimum atomic E-state index is -0.0721. The fraction of sp³-hybridized carbons (Fsp3) is 0.235. The van der Waals surface area contributed by atoms with E-state index in [1.165, 1.54) is 0 Å². The molecule has 0 spiro atoms. The molecule has 0 aliphatic rings. The molecule has 0 aromatic heterocycles. The average Bonchev–Trinajstić information content (AvgIpc) is 2.51.